The van der Waals surface area contributed by atoms with Crippen LogP contribution >= 0.6 is 0 Å². The van der Waals surface area contributed by atoms with Crippen LogP contribution in [0, 0.1) is 0 Å². The fourth-order valence-electron chi connectivity index (χ4n) is 3.18. The summed E-state index contributed by atoms with van der Waals surface area (Å²) in [4.78, 5) is 0. The second-order valence-corrected chi connectivity index (χ2v) is 7.97. The van der Waals surface area contributed by atoms with Gasteiger partial charge < -0.3 is 26.2 Å². The molecule has 2 nitrogen and oxygen atoms in total. The van der Waals surface area contributed by atoms with E-state index in [0.29, 0.717) is 0 Å². The Morgan fingerprint density at radius 1 is 0.583 bits per heavy atom. The van der Waals surface area contributed by atoms with E-state index in [1.165, 1.54) is 96.4 Å². The molecule has 3 heteroatoms. The van der Waals surface area contributed by atoms with Gasteiger partial charge in [-0.2, -0.15) is 0 Å². The van der Waals surface area contributed by atoms with E-state index in [-0.39, 0.29) is 17.0 Å². The second-order valence-electron chi connectivity index (χ2n) is 7.97. The summed E-state index contributed by atoms with van der Waals surface area (Å²) in [5, 5.41) is 0. The Balaban J connectivity index is 0. The molecule has 0 heterocycles. The van der Waals surface area contributed by atoms with Crippen LogP contribution < -0.4 is 17.0 Å². The fourth-order valence-corrected chi connectivity index (χ4v) is 3.18. The molecule has 0 aromatic carbocycles. The molecule has 0 unspecified atom stereocenters. The summed E-state index contributed by atoms with van der Waals surface area (Å²) in [7, 11) is 6.44. The van der Waals surface area contributed by atoms with Gasteiger partial charge in [0.25, 0.3) is 0 Å². The summed E-state index contributed by atoms with van der Waals surface area (Å²) in [6, 6.07) is 0. The minimum absolute atomic E-state index is 0. The molecule has 0 aliphatic heterocycles. The molecule has 148 valence electrons. The van der Waals surface area contributed by atoms with E-state index in [1.54, 1.807) is 7.11 Å². The van der Waals surface area contributed by atoms with Crippen molar-refractivity contribution in [3.8, 4) is 0 Å². The third-order valence-corrected chi connectivity index (χ3v) is 5.02. The second kappa shape index (κ2) is 19.7. The number of unbranched alkanes of at least 4 members (excludes halogenated alkanes) is 13. The maximum Gasteiger partial charge on any atom is 0.102 e. The third-order valence-electron chi connectivity index (χ3n) is 5.02. The minimum atomic E-state index is 0. The number of halogens is 1. The Kier molecular flexibility index (Phi) is 21.9. The number of nitrogens with zero attached hydrogens (tertiary/aromatic N) is 1. The lowest BCUT2D eigenvalue weighted by atomic mass is 10.0. The molecule has 0 saturated heterocycles. The molecule has 0 N–H and O–H groups in total. The quantitative estimate of drug-likeness (QED) is 0.250. The molecule has 0 bridgehead atoms. The number of hydrogen-bond acceptors (Lipinski definition) is 1. The Morgan fingerprint density at radius 2 is 0.958 bits per heavy atom. The molecule has 0 aliphatic rings. The highest BCUT2D eigenvalue weighted by Crippen LogP contribution is 2.13. The Hall–Kier alpha value is 0.400. The number of quaternary nitrogens is 1. The van der Waals surface area contributed by atoms with Crippen LogP contribution in [0.25, 0.3) is 0 Å². The molecule has 0 atom stereocenters. The van der Waals surface area contributed by atoms with E-state index >= 15 is 0 Å². The number of rotatable bonds is 18. The first kappa shape index (κ1) is 26.6. The molecule has 0 fully saturated rings. The van der Waals surface area contributed by atoms with Crippen molar-refractivity contribution < 1.29 is 26.2 Å². The molecular formula is C21H46BrNO. The van der Waals surface area contributed by atoms with Crippen LogP contribution in [-0.2, 0) is 4.74 Å². The van der Waals surface area contributed by atoms with Crippen LogP contribution in [-0.4, -0.2) is 45.4 Å². The summed E-state index contributed by atoms with van der Waals surface area (Å²) < 4.78 is 6.29. The highest BCUT2D eigenvalue weighted by Gasteiger charge is 2.13. The van der Waals surface area contributed by atoms with Gasteiger partial charge in [0, 0.05) is 7.11 Å². The normalized spacial score (nSPS) is 11.5. The summed E-state index contributed by atoms with van der Waals surface area (Å²) in [5.74, 6) is 0. The maximum atomic E-state index is 5.19. The Morgan fingerprint density at radius 3 is 1.33 bits per heavy atom. The summed E-state index contributed by atoms with van der Waals surface area (Å²) in [6.45, 7) is 5.60. The highest BCUT2D eigenvalue weighted by molar-refractivity contribution is 4.49. The van der Waals surface area contributed by atoms with Crippen molar-refractivity contribution in [1.82, 2.24) is 0 Å². The van der Waals surface area contributed by atoms with E-state index in [2.05, 4.69) is 21.0 Å². The number of likely N-dealkylation sites (N-methyl/N-ethyl adjacent to an activating group) is 1. The molecule has 0 spiro atoms. The molecule has 0 rings (SSSR count). The van der Waals surface area contributed by atoms with E-state index in [4.69, 9.17) is 4.74 Å². The summed E-state index contributed by atoms with van der Waals surface area (Å²) in [6.07, 6.45) is 20.2. The van der Waals surface area contributed by atoms with Crippen molar-refractivity contribution in [3.63, 3.8) is 0 Å². The van der Waals surface area contributed by atoms with Crippen molar-refractivity contribution >= 4 is 0 Å². The van der Waals surface area contributed by atoms with Crippen LogP contribution in [0.15, 0.2) is 0 Å². The van der Waals surface area contributed by atoms with E-state index < -0.39 is 0 Å². The molecule has 0 saturated carbocycles. The van der Waals surface area contributed by atoms with Gasteiger partial charge in [0.2, 0.25) is 0 Å². The Labute approximate surface area is 164 Å². The fraction of sp³-hybridized carbons (Fsp3) is 1.00. The molecule has 24 heavy (non-hydrogen) atoms. The first-order chi connectivity index (χ1) is 11.1. The predicted molar refractivity (Wildman–Crippen MR) is 104 cm³/mol. The van der Waals surface area contributed by atoms with Crippen LogP contribution in [0.1, 0.15) is 96.8 Å². The smallest absolute Gasteiger partial charge is 0.102 e. The van der Waals surface area contributed by atoms with E-state index in [0.717, 1.165) is 17.6 Å². The standard InChI is InChI=1S/C21H46NO.BrH/c1-5-6-7-8-9-10-11-12-13-14-15-16-17-18-19-22(2,3)20-21-23-4;/h5-21H2,1-4H3;1H/q+1;/p-1. The first-order valence-electron chi connectivity index (χ1n) is 10.4. The molecule has 0 aliphatic carbocycles. The van der Waals surface area contributed by atoms with E-state index in [9.17, 15) is 0 Å². The maximum absolute atomic E-state index is 5.19. The van der Waals surface area contributed by atoms with Gasteiger partial charge in [-0.1, -0.05) is 84.0 Å². The first-order valence-corrected chi connectivity index (χ1v) is 10.4. The highest BCUT2D eigenvalue weighted by atomic mass is 79.9. The van der Waals surface area contributed by atoms with E-state index in [1.807, 2.05) is 0 Å². The van der Waals surface area contributed by atoms with Gasteiger partial charge in [-0.15, -0.1) is 0 Å². The lowest BCUT2D eigenvalue weighted by Crippen LogP contribution is -3.00. The summed E-state index contributed by atoms with van der Waals surface area (Å²) in [5.41, 5.74) is 0. The minimum Gasteiger partial charge on any atom is -1.00 e. The van der Waals surface area contributed by atoms with Crippen LogP contribution in [0.4, 0.5) is 0 Å². The number of ether oxygens (including phenoxy) is 1. The van der Waals surface area contributed by atoms with Crippen molar-refractivity contribution in [2.75, 3.05) is 40.9 Å². The third kappa shape index (κ3) is 20.4. The van der Waals surface area contributed by atoms with Gasteiger partial charge in [0.05, 0.1) is 27.2 Å². The number of hydrogen-bond donors (Lipinski definition) is 0. The van der Waals surface area contributed by atoms with Crippen molar-refractivity contribution in [3.05, 3.63) is 0 Å². The zero-order chi connectivity index (χ0) is 17.2. The average Bonchev–Trinajstić information content (AvgIpc) is 2.53. The molecule has 0 amide bonds. The molecule has 0 aromatic rings. The average molecular weight is 409 g/mol. The predicted octanol–water partition coefficient (Wildman–Crippen LogP) is 3.19. The Bertz CT molecular complexity index is 234. The zero-order valence-electron chi connectivity index (χ0n) is 17.3. The largest absolute Gasteiger partial charge is 1.00 e. The van der Waals surface area contributed by atoms with Gasteiger partial charge in [-0.3, -0.25) is 0 Å². The molecule has 0 aromatic heterocycles. The van der Waals surface area contributed by atoms with Gasteiger partial charge in [0.1, 0.15) is 6.54 Å². The van der Waals surface area contributed by atoms with Crippen molar-refractivity contribution in [2.24, 2.45) is 0 Å². The lowest BCUT2D eigenvalue weighted by Gasteiger charge is -2.29. The SMILES string of the molecule is CCCCCCCCCCCCCCCC[N+](C)(C)CCOC.[Br-]. The van der Waals surface area contributed by atoms with Crippen LogP contribution in [0.5, 0.6) is 0 Å². The van der Waals surface area contributed by atoms with Gasteiger partial charge in [0.15, 0.2) is 0 Å². The van der Waals surface area contributed by atoms with Gasteiger partial charge >= 0.3 is 0 Å². The topological polar surface area (TPSA) is 9.23 Å². The van der Waals surface area contributed by atoms with Crippen molar-refractivity contribution in [1.29, 1.82) is 0 Å². The lowest BCUT2D eigenvalue weighted by molar-refractivity contribution is -0.890. The monoisotopic (exact) mass is 407 g/mol. The zero-order valence-corrected chi connectivity index (χ0v) is 18.8. The van der Waals surface area contributed by atoms with Gasteiger partial charge in [-0.25, -0.2) is 0 Å². The molecule has 0 radical (unpaired) electrons. The summed E-state index contributed by atoms with van der Waals surface area (Å²) >= 11 is 0. The van der Waals surface area contributed by atoms with Crippen LogP contribution in [0.3, 0.4) is 0 Å². The molecular weight excluding hydrogens is 362 g/mol. The van der Waals surface area contributed by atoms with Crippen molar-refractivity contribution in [2.45, 2.75) is 96.8 Å². The number of methoxy groups -OCH3 is 1. The van der Waals surface area contributed by atoms with Crippen LogP contribution in [0.2, 0.25) is 0 Å². The van der Waals surface area contributed by atoms with Gasteiger partial charge in [-0.05, 0) is 12.8 Å².